The molecule has 0 bridgehead atoms. The van der Waals surface area contributed by atoms with Gasteiger partial charge in [0.25, 0.3) is 0 Å². The predicted molar refractivity (Wildman–Crippen MR) is 390 cm³/mol. The molecule has 484 valence electrons. The fraction of sp³-hybridized carbons (Fsp3) is 0.438. The Labute approximate surface area is 542 Å². The zero-order valence-electron chi connectivity index (χ0n) is 57.2. The molecule has 0 fully saturated rings. The summed E-state index contributed by atoms with van der Waals surface area (Å²) in [5.74, 6) is 0. The van der Waals surface area contributed by atoms with E-state index in [9.17, 15) is 0 Å². The summed E-state index contributed by atoms with van der Waals surface area (Å²) in [5, 5.41) is 2.49. The first-order chi connectivity index (χ1) is 39.8. The van der Waals surface area contributed by atoms with Crippen LogP contribution in [0.25, 0.3) is 21.9 Å². The first kappa shape index (κ1) is 81.4. The lowest BCUT2D eigenvalue weighted by Gasteiger charge is -2.18. The molecule has 89 heavy (non-hydrogen) atoms. The highest BCUT2D eigenvalue weighted by Gasteiger charge is 2.18. The van der Waals surface area contributed by atoms with Gasteiger partial charge in [-0.3, -0.25) is 29.9 Å². The lowest BCUT2D eigenvalue weighted by atomic mass is 9.86. The van der Waals surface area contributed by atoms with Crippen LogP contribution in [0.4, 0.5) is 0 Å². The molecule has 0 saturated heterocycles. The van der Waals surface area contributed by atoms with Crippen molar-refractivity contribution in [1.82, 2.24) is 44.9 Å². The van der Waals surface area contributed by atoms with E-state index in [0.717, 1.165) is 22.7 Å². The highest BCUT2D eigenvalue weighted by Crippen LogP contribution is 2.27. The van der Waals surface area contributed by atoms with E-state index in [-0.39, 0.29) is 60.2 Å². The van der Waals surface area contributed by atoms with Gasteiger partial charge in [-0.1, -0.05) is 249 Å². The molecule has 2 aromatic carbocycles. The second kappa shape index (κ2) is 36.1. The lowest BCUT2D eigenvalue weighted by Crippen LogP contribution is -2.13. The second-order valence-corrected chi connectivity index (χ2v) is 29.8. The molecule has 2 N–H and O–H groups in total. The van der Waals surface area contributed by atoms with Gasteiger partial charge in [-0.25, -0.2) is 4.98 Å². The van der Waals surface area contributed by atoms with Gasteiger partial charge in [-0.05, 0) is 127 Å². The van der Waals surface area contributed by atoms with E-state index < -0.39 is 0 Å². The Morgan fingerprint density at radius 2 is 0.652 bits per heavy atom. The zero-order valence-corrected chi connectivity index (χ0v) is 57.2. The largest absolute Gasteiger partial charge is 0.361 e. The van der Waals surface area contributed by atoms with E-state index in [2.05, 4.69) is 302 Å². The van der Waals surface area contributed by atoms with Crippen molar-refractivity contribution in [3.63, 3.8) is 0 Å². The number of rotatable bonds is 0. The molecule has 9 heteroatoms. The highest BCUT2D eigenvalue weighted by atomic mass is 14.8. The summed E-state index contributed by atoms with van der Waals surface area (Å²) in [6.07, 6.45) is 22.2. The van der Waals surface area contributed by atoms with Crippen LogP contribution in [0.1, 0.15) is 233 Å². The molecule has 0 saturated carbocycles. The van der Waals surface area contributed by atoms with Gasteiger partial charge < -0.3 is 9.97 Å². The smallest absolute Gasteiger partial charge is 0.137 e. The molecule has 8 heterocycles. The number of pyridine rings is 5. The van der Waals surface area contributed by atoms with E-state index >= 15 is 0 Å². The van der Waals surface area contributed by atoms with Gasteiger partial charge in [-0.2, -0.15) is 0 Å². The number of aromatic nitrogens is 9. The lowest BCUT2D eigenvalue weighted by molar-refractivity contribution is 0.565. The van der Waals surface area contributed by atoms with Gasteiger partial charge in [0.15, 0.2) is 0 Å². The quantitative estimate of drug-likeness (QED) is 0.155. The Morgan fingerprint density at radius 1 is 0.258 bits per heavy atom. The number of hydrogen-bond donors (Lipinski definition) is 2. The highest BCUT2D eigenvalue weighted by molar-refractivity contribution is 5.80. The molecule has 0 aliphatic rings. The Morgan fingerprint density at radius 3 is 0.989 bits per heavy atom. The van der Waals surface area contributed by atoms with Crippen molar-refractivity contribution in [2.45, 2.75) is 232 Å². The molecule has 0 aliphatic carbocycles. The Balaban J connectivity index is 0.000000993. The summed E-state index contributed by atoms with van der Waals surface area (Å²) in [6, 6.07) is 43.7. The van der Waals surface area contributed by atoms with E-state index in [1.165, 1.54) is 44.1 Å². The van der Waals surface area contributed by atoms with Crippen molar-refractivity contribution in [3.8, 4) is 0 Å². The van der Waals surface area contributed by atoms with Crippen LogP contribution in [0.3, 0.4) is 0 Å². The molecule has 8 aromatic heterocycles. The number of fused-ring (bicyclic) bond motifs is 2. The van der Waals surface area contributed by atoms with Crippen molar-refractivity contribution >= 4 is 21.9 Å². The number of nitrogens with one attached hydrogen (secondary N) is 2. The number of nitrogens with zero attached hydrogens (tertiary/aromatic N) is 7. The van der Waals surface area contributed by atoms with Crippen LogP contribution in [0.2, 0.25) is 0 Å². The average molecular weight is 1210 g/mol. The molecule has 0 aliphatic heterocycles. The van der Waals surface area contributed by atoms with Crippen LogP contribution in [0.15, 0.2) is 202 Å². The van der Waals surface area contributed by atoms with Crippen LogP contribution >= 0.6 is 0 Å². The molecule has 10 aromatic rings. The minimum absolute atomic E-state index is 0. The number of H-pyrrole nitrogens is 2. The van der Waals surface area contributed by atoms with Gasteiger partial charge in [0.05, 0.1) is 5.69 Å². The fourth-order valence-corrected chi connectivity index (χ4v) is 7.72. The van der Waals surface area contributed by atoms with Crippen LogP contribution < -0.4 is 0 Å². The minimum atomic E-state index is 0. The summed E-state index contributed by atoms with van der Waals surface area (Å²) >= 11 is 0. The fourth-order valence-electron chi connectivity index (χ4n) is 7.72. The topological polar surface area (TPSA) is 122 Å². The van der Waals surface area contributed by atoms with E-state index in [4.69, 9.17) is 0 Å². The van der Waals surface area contributed by atoms with Gasteiger partial charge >= 0.3 is 0 Å². The third-order valence-corrected chi connectivity index (χ3v) is 13.6. The molecule has 0 atom stereocenters. The molecule has 10 rings (SSSR count). The molecule has 0 amide bonds. The molecule has 0 spiro atoms. The minimum Gasteiger partial charge on any atom is -0.361 e. The van der Waals surface area contributed by atoms with E-state index in [0.29, 0.717) is 5.41 Å². The predicted octanol–water partition coefficient (Wildman–Crippen LogP) is 22.5. The molecular weight excluding hydrogens is 1090 g/mol. The zero-order chi connectivity index (χ0) is 64.6. The van der Waals surface area contributed by atoms with Crippen molar-refractivity contribution in [2.24, 2.45) is 0 Å². The standard InChI is InChI=1S/C12H15N.C11H14N2.C10H14.4C9H13N.C8H12N2.3CH4/c1-12(2,3)10-4-5-11-9(8-10)6-7-13-11;1-11(2,3)9-6-8-4-5-12-10(8)13-7-9;1-10(2,3)9-7-5-4-6-8-9;2*1-9(2,3)8-5-4-6-10-7-8;2*1-9(2,3)8-6-4-5-7-10-8;1-8(2,3)7-6-9-4-5-10-7;;;/h4-8,13H,1-3H3;4-7H,1-3H3,(H,12,13);4-8H,1-3H3;4*4-7H,1-3H3;4-6H,1-3H3;3*1H4. The summed E-state index contributed by atoms with van der Waals surface area (Å²) < 4.78 is 0. The monoisotopic (exact) mass is 1210 g/mol. The summed E-state index contributed by atoms with van der Waals surface area (Å²) in [7, 11) is 0. The molecular formula is C80H119N9. The second-order valence-electron chi connectivity index (χ2n) is 29.8. The number of benzene rings is 2. The van der Waals surface area contributed by atoms with Crippen molar-refractivity contribution < 1.29 is 0 Å². The van der Waals surface area contributed by atoms with Crippen LogP contribution in [-0.2, 0) is 43.3 Å². The maximum Gasteiger partial charge on any atom is 0.137 e. The third-order valence-electron chi connectivity index (χ3n) is 13.6. The first-order valence-corrected chi connectivity index (χ1v) is 30.2. The number of hydrogen-bond acceptors (Lipinski definition) is 7. The van der Waals surface area contributed by atoms with Crippen molar-refractivity contribution in [1.29, 1.82) is 0 Å². The molecule has 0 unspecified atom stereocenters. The van der Waals surface area contributed by atoms with Gasteiger partial charge in [0.2, 0.25) is 0 Å². The van der Waals surface area contributed by atoms with Crippen LogP contribution in [0.5, 0.6) is 0 Å². The van der Waals surface area contributed by atoms with Crippen LogP contribution in [0, 0.1) is 0 Å². The average Bonchev–Trinajstić information content (AvgIpc) is 2.63. The SMILES string of the molecule is C.C.C.CC(C)(C)c1ccc2[nH]ccc2c1.CC(C)(C)c1ccccc1.CC(C)(C)c1ccccn1.CC(C)(C)c1ccccn1.CC(C)(C)c1cccnc1.CC(C)(C)c1cccnc1.CC(C)(C)c1cnc2[nH]ccc2c1.CC(C)(C)c1cnccn1. The van der Waals surface area contributed by atoms with E-state index in [1.807, 2.05) is 79.8 Å². The van der Waals surface area contributed by atoms with Crippen LogP contribution in [-0.4, -0.2) is 44.9 Å². The van der Waals surface area contributed by atoms with Crippen molar-refractivity contribution in [3.05, 3.63) is 247 Å². The third kappa shape index (κ3) is 30.9. The molecule has 0 radical (unpaired) electrons. The molecule has 9 nitrogen and oxygen atoms in total. The number of aromatic amines is 2. The summed E-state index contributed by atoms with van der Waals surface area (Å²) in [5.41, 5.74) is 13.8. The van der Waals surface area contributed by atoms with Gasteiger partial charge in [0, 0.05) is 113 Å². The Kier molecular flexibility index (Phi) is 33.0. The Bertz CT molecular complexity index is 2920. The Hall–Kier alpha value is -7.65. The normalized spacial score (nSPS) is 11.3. The summed E-state index contributed by atoms with van der Waals surface area (Å²) in [6.45, 7) is 52.4. The summed E-state index contributed by atoms with van der Waals surface area (Å²) in [4.78, 5) is 35.4. The first-order valence-electron chi connectivity index (χ1n) is 30.2. The van der Waals surface area contributed by atoms with E-state index in [1.54, 1.807) is 31.0 Å². The van der Waals surface area contributed by atoms with Gasteiger partial charge in [-0.15, -0.1) is 0 Å². The van der Waals surface area contributed by atoms with Gasteiger partial charge in [0.1, 0.15) is 5.65 Å². The maximum absolute atomic E-state index is 4.35. The van der Waals surface area contributed by atoms with Crippen molar-refractivity contribution in [2.75, 3.05) is 0 Å². The maximum atomic E-state index is 4.35.